The maximum atomic E-state index is 11.1. The Kier molecular flexibility index (Phi) is 3.57. The summed E-state index contributed by atoms with van der Waals surface area (Å²) < 4.78 is 11.9. The number of ether oxygens (including phenoxy) is 2. The molecule has 21 heavy (non-hydrogen) atoms. The molecule has 0 bridgehead atoms. The third kappa shape index (κ3) is 2.60. The Balaban J connectivity index is 2.03. The summed E-state index contributed by atoms with van der Waals surface area (Å²) in [5.41, 5.74) is 0.686. The van der Waals surface area contributed by atoms with Gasteiger partial charge in [-0.1, -0.05) is 42.5 Å². The van der Waals surface area contributed by atoms with Crippen molar-refractivity contribution in [3.63, 3.8) is 0 Å². The van der Waals surface area contributed by atoms with E-state index in [1.807, 2.05) is 67.5 Å². The minimum Gasteiger partial charge on any atom is -0.478 e. The van der Waals surface area contributed by atoms with Crippen LogP contribution in [0, 0.1) is 0 Å². The van der Waals surface area contributed by atoms with Crippen LogP contribution in [-0.2, 0) is 5.79 Å². The molecular weight excluding hydrogens is 266 g/mol. The molecule has 3 rings (SSSR count). The van der Waals surface area contributed by atoms with Crippen LogP contribution < -0.4 is 9.47 Å². The molecule has 2 atom stereocenters. The SMILES string of the molecule is CN(C)C[C@H]1Oc2ccccc2O[C@]1(O)c1ccccc1. The van der Waals surface area contributed by atoms with E-state index in [4.69, 9.17) is 9.47 Å². The molecule has 2 aromatic rings. The molecule has 0 radical (unpaired) electrons. The highest BCUT2D eigenvalue weighted by Gasteiger charge is 2.47. The van der Waals surface area contributed by atoms with Crippen LogP contribution >= 0.6 is 0 Å². The number of benzene rings is 2. The summed E-state index contributed by atoms with van der Waals surface area (Å²) in [6.07, 6.45) is -0.509. The van der Waals surface area contributed by atoms with Gasteiger partial charge in [-0.2, -0.15) is 0 Å². The second kappa shape index (κ2) is 5.39. The first-order valence-electron chi connectivity index (χ1n) is 6.97. The number of rotatable bonds is 3. The van der Waals surface area contributed by atoms with E-state index in [1.165, 1.54) is 0 Å². The highest BCUT2D eigenvalue weighted by Crippen LogP contribution is 2.41. The highest BCUT2D eigenvalue weighted by atomic mass is 16.7. The summed E-state index contributed by atoms with van der Waals surface area (Å²) in [5, 5.41) is 11.1. The van der Waals surface area contributed by atoms with Crippen molar-refractivity contribution < 1.29 is 14.6 Å². The molecule has 0 aromatic heterocycles. The molecule has 0 unspecified atom stereocenters. The first-order valence-corrected chi connectivity index (χ1v) is 6.97. The fourth-order valence-electron chi connectivity index (χ4n) is 2.51. The molecule has 1 aliphatic rings. The van der Waals surface area contributed by atoms with Crippen LogP contribution in [0.4, 0.5) is 0 Å². The predicted octanol–water partition coefficient (Wildman–Crippen LogP) is 2.23. The Hall–Kier alpha value is -2.04. The van der Waals surface area contributed by atoms with E-state index in [2.05, 4.69) is 0 Å². The first kappa shape index (κ1) is 13.9. The summed E-state index contributed by atoms with van der Waals surface area (Å²) in [5.74, 6) is -0.288. The molecule has 0 saturated heterocycles. The molecule has 1 aliphatic heterocycles. The summed E-state index contributed by atoms with van der Waals surface area (Å²) in [4.78, 5) is 1.97. The van der Waals surface area contributed by atoms with Crippen LogP contribution in [0.5, 0.6) is 11.5 Å². The van der Waals surface area contributed by atoms with Crippen LogP contribution in [0.3, 0.4) is 0 Å². The Morgan fingerprint density at radius 1 is 1.00 bits per heavy atom. The molecule has 0 fully saturated rings. The molecule has 0 saturated carbocycles. The quantitative estimate of drug-likeness (QED) is 0.939. The lowest BCUT2D eigenvalue weighted by atomic mass is 9.98. The third-order valence-corrected chi connectivity index (χ3v) is 3.54. The smallest absolute Gasteiger partial charge is 0.273 e. The normalized spacial score (nSPS) is 24.1. The van der Waals surface area contributed by atoms with E-state index < -0.39 is 11.9 Å². The number of nitrogens with zero attached hydrogens (tertiary/aromatic N) is 1. The van der Waals surface area contributed by atoms with Gasteiger partial charge in [0, 0.05) is 12.1 Å². The first-order chi connectivity index (χ1) is 10.1. The number of hydrogen-bond acceptors (Lipinski definition) is 4. The Morgan fingerprint density at radius 2 is 1.62 bits per heavy atom. The number of para-hydroxylation sites is 2. The van der Waals surface area contributed by atoms with Gasteiger partial charge in [0.25, 0.3) is 5.79 Å². The molecule has 0 spiro atoms. The zero-order chi connectivity index (χ0) is 14.9. The zero-order valence-electron chi connectivity index (χ0n) is 12.2. The lowest BCUT2D eigenvalue weighted by Gasteiger charge is -2.41. The molecule has 4 heteroatoms. The van der Waals surface area contributed by atoms with Crippen molar-refractivity contribution in [3.8, 4) is 11.5 Å². The maximum Gasteiger partial charge on any atom is 0.273 e. The van der Waals surface area contributed by atoms with Crippen LogP contribution in [0.2, 0.25) is 0 Å². The summed E-state index contributed by atoms with van der Waals surface area (Å²) >= 11 is 0. The van der Waals surface area contributed by atoms with Gasteiger partial charge in [-0.15, -0.1) is 0 Å². The van der Waals surface area contributed by atoms with Gasteiger partial charge < -0.3 is 19.5 Å². The van der Waals surface area contributed by atoms with Gasteiger partial charge in [0.2, 0.25) is 0 Å². The van der Waals surface area contributed by atoms with Crippen molar-refractivity contribution in [3.05, 3.63) is 60.2 Å². The summed E-state index contributed by atoms with van der Waals surface area (Å²) in [6, 6.07) is 16.8. The molecule has 1 heterocycles. The van der Waals surface area contributed by atoms with Crippen molar-refractivity contribution in [2.45, 2.75) is 11.9 Å². The van der Waals surface area contributed by atoms with Crippen molar-refractivity contribution >= 4 is 0 Å². The minimum absolute atomic E-state index is 0.509. The second-order valence-electron chi connectivity index (χ2n) is 5.48. The highest BCUT2D eigenvalue weighted by molar-refractivity contribution is 5.43. The van der Waals surface area contributed by atoms with Crippen LogP contribution in [0.15, 0.2) is 54.6 Å². The van der Waals surface area contributed by atoms with Crippen LogP contribution in [-0.4, -0.2) is 36.8 Å². The lowest BCUT2D eigenvalue weighted by molar-refractivity contribution is -0.224. The molecule has 2 aromatic carbocycles. The molecular formula is C17H19NO3. The van der Waals surface area contributed by atoms with Crippen molar-refractivity contribution in [2.24, 2.45) is 0 Å². The molecule has 0 aliphatic carbocycles. The van der Waals surface area contributed by atoms with Gasteiger partial charge in [-0.05, 0) is 26.2 Å². The zero-order valence-corrected chi connectivity index (χ0v) is 12.2. The molecule has 1 N–H and O–H groups in total. The molecule has 110 valence electrons. The third-order valence-electron chi connectivity index (χ3n) is 3.54. The number of aliphatic hydroxyl groups is 1. The van der Waals surface area contributed by atoms with E-state index in [0.717, 1.165) is 0 Å². The average molecular weight is 285 g/mol. The van der Waals surface area contributed by atoms with Gasteiger partial charge in [-0.25, -0.2) is 0 Å². The van der Waals surface area contributed by atoms with Gasteiger partial charge in [0.15, 0.2) is 17.6 Å². The van der Waals surface area contributed by atoms with Crippen LogP contribution in [0.25, 0.3) is 0 Å². The number of likely N-dealkylation sites (N-methyl/N-ethyl adjacent to an activating group) is 1. The number of fused-ring (bicyclic) bond motifs is 1. The largest absolute Gasteiger partial charge is 0.478 e. The topological polar surface area (TPSA) is 41.9 Å². The van der Waals surface area contributed by atoms with Gasteiger partial charge in [0.05, 0.1) is 0 Å². The van der Waals surface area contributed by atoms with Crippen molar-refractivity contribution in [2.75, 3.05) is 20.6 Å². The van der Waals surface area contributed by atoms with Crippen molar-refractivity contribution in [1.29, 1.82) is 0 Å². The minimum atomic E-state index is -1.50. The van der Waals surface area contributed by atoms with E-state index >= 15 is 0 Å². The van der Waals surface area contributed by atoms with Gasteiger partial charge in [0.1, 0.15) is 0 Å². The van der Waals surface area contributed by atoms with E-state index in [9.17, 15) is 5.11 Å². The van der Waals surface area contributed by atoms with Gasteiger partial charge >= 0.3 is 0 Å². The Labute approximate surface area is 124 Å². The van der Waals surface area contributed by atoms with E-state index in [1.54, 1.807) is 6.07 Å². The summed E-state index contributed by atoms with van der Waals surface area (Å²) in [7, 11) is 3.88. The fourth-order valence-corrected chi connectivity index (χ4v) is 2.51. The van der Waals surface area contributed by atoms with E-state index in [0.29, 0.717) is 23.6 Å². The monoisotopic (exact) mass is 285 g/mol. The average Bonchev–Trinajstić information content (AvgIpc) is 2.48. The number of hydrogen-bond donors (Lipinski definition) is 1. The molecule has 4 nitrogen and oxygen atoms in total. The fraction of sp³-hybridized carbons (Fsp3) is 0.294. The van der Waals surface area contributed by atoms with Crippen molar-refractivity contribution in [1.82, 2.24) is 4.90 Å². The Bertz CT molecular complexity index is 614. The maximum absolute atomic E-state index is 11.1. The predicted molar refractivity (Wildman–Crippen MR) is 80.4 cm³/mol. The summed E-state index contributed by atoms with van der Waals surface area (Å²) in [6.45, 7) is 0.541. The van der Waals surface area contributed by atoms with Gasteiger partial charge in [-0.3, -0.25) is 0 Å². The molecule has 0 amide bonds. The second-order valence-corrected chi connectivity index (χ2v) is 5.48. The standard InChI is InChI=1S/C17H19NO3/c1-18(2)12-16-17(19,13-8-4-3-5-9-13)21-15-11-7-6-10-14(15)20-16/h3-11,16,19H,12H2,1-2H3/t16-,17-/m1/s1. The van der Waals surface area contributed by atoms with Crippen LogP contribution in [0.1, 0.15) is 5.56 Å². The lowest BCUT2D eigenvalue weighted by Crippen LogP contribution is -2.54. The Morgan fingerprint density at radius 3 is 2.29 bits per heavy atom. The van der Waals surface area contributed by atoms with E-state index in [-0.39, 0.29) is 0 Å².